The highest BCUT2D eigenvalue weighted by Gasteiger charge is 2.12. The topological polar surface area (TPSA) is 90.8 Å². The third-order valence-electron chi connectivity index (χ3n) is 4.00. The number of amides is 2. The number of nitrogens with one attached hydrogen (secondary N) is 2. The van der Waals surface area contributed by atoms with Crippen molar-refractivity contribution in [1.82, 2.24) is 5.43 Å². The smallest absolute Gasteiger partial charge is 0.275 e. The third kappa shape index (κ3) is 4.70. The number of carbonyl (C=O) groups is 2. The molecule has 3 rings (SSSR count). The summed E-state index contributed by atoms with van der Waals surface area (Å²) >= 11 is 0. The normalized spacial score (nSPS) is 11.3. The number of hydrogen-bond donors (Lipinski definition) is 3. The Bertz CT molecular complexity index is 1060. The molecule has 0 unspecified atom stereocenters. The molecule has 0 atom stereocenters. The minimum Gasteiger partial charge on any atom is -0.507 e. The highest BCUT2D eigenvalue weighted by Crippen LogP contribution is 2.24. The fraction of sp³-hybridized carbons (Fsp3) is 0.0952. The van der Waals surface area contributed by atoms with Crippen LogP contribution in [0.4, 0.5) is 10.1 Å². The Labute approximate surface area is 160 Å². The lowest BCUT2D eigenvalue weighted by Crippen LogP contribution is -2.21. The van der Waals surface area contributed by atoms with Gasteiger partial charge in [0.15, 0.2) is 0 Å². The van der Waals surface area contributed by atoms with Crippen LogP contribution in [0.15, 0.2) is 65.8 Å². The molecular formula is C21H18FN3O3. The van der Waals surface area contributed by atoms with Crippen molar-refractivity contribution in [3.05, 3.63) is 72.0 Å². The number of fused-ring (bicyclic) bond motifs is 1. The molecule has 0 aliphatic heterocycles. The van der Waals surface area contributed by atoms with E-state index in [1.54, 1.807) is 13.0 Å². The van der Waals surface area contributed by atoms with Crippen molar-refractivity contribution >= 4 is 34.0 Å². The van der Waals surface area contributed by atoms with Gasteiger partial charge in [0, 0.05) is 11.4 Å². The molecule has 0 heterocycles. The van der Waals surface area contributed by atoms with Gasteiger partial charge in [-0.3, -0.25) is 9.59 Å². The highest BCUT2D eigenvalue weighted by atomic mass is 19.1. The molecule has 0 saturated carbocycles. The zero-order valence-corrected chi connectivity index (χ0v) is 15.1. The van der Waals surface area contributed by atoms with Crippen molar-refractivity contribution in [1.29, 1.82) is 0 Å². The number of hydrogen-bond acceptors (Lipinski definition) is 4. The number of hydrazone groups is 1. The maximum atomic E-state index is 12.9. The molecule has 0 bridgehead atoms. The van der Waals surface area contributed by atoms with Crippen LogP contribution in [0.25, 0.3) is 10.8 Å². The molecule has 0 saturated heterocycles. The van der Waals surface area contributed by atoms with Gasteiger partial charge in [-0.05, 0) is 54.1 Å². The maximum absolute atomic E-state index is 12.9. The van der Waals surface area contributed by atoms with E-state index in [9.17, 15) is 19.1 Å². The van der Waals surface area contributed by atoms with E-state index in [4.69, 9.17) is 0 Å². The fourth-order valence-electron chi connectivity index (χ4n) is 2.63. The summed E-state index contributed by atoms with van der Waals surface area (Å²) in [6.45, 7) is 1.59. The zero-order chi connectivity index (χ0) is 20.1. The Kier molecular flexibility index (Phi) is 5.64. The van der Waals surface area contributed by atoms with Gasteiger partial charge in [-0.15, -0.1) is 0 Å². The summed E-state index contributed by atoms with van der Waals surface area (Å²) in [6.07, 6.45) is -0.0542. The molecule has 142 valence electrons. The average molecular weight is 379 g/mol. The molecule has 0 fully saturated rings. The average Bonchev–Trinajstić information content (AvgIpc) is 2.67. The first kappa shape index (κ1) is 19.0. The van der Waals surface area contributed by atoms with Crippen LogP contribution < -0.4 is 10.7 Å². The lowest BCUT2D eigenvalue weighted by atomic mass is 10.1. The number of aromatic hydroxyl groups is 1. The van der Waals surface area contributed by atoms with Crippen LogP contribution in [0.2, 0.25) is 0 Å². The molecule has 3 aromatic carbocycles. The van der Waals surface area contributed by atoms with Crippen LogP contribution in [-0.2, 0) is 4.79 Å². The Morgan fingerprint density at radius 1 is 1.04 bits per heavy atom. The first-order valence-electron chi connectivity index (χ1n) is 8.53. The molecule has 7 heteroatoms. The predicted molar refractivity (Wildman–Crippen MR) is 106 cm³/mol. The molecule has 28 heavy (non-hydrogen) atoms. The number of halogens is 1. The second-order valence-electron chi connectivity index (χ2n) is 6.24. The molecule has 2 amide bonds. The summed E-state index contributed by atoms with van der Waals surface area (Å²) in [5, 5.41) is 18.2. The van der Waals surface area contributed by atoms with Gasteiger partial charge in [0.05, 0.1) is 12.0 Å². The highest BCUT2D eigenvalue weighted by molar-refractivity contribution is 6.06. The van der Waals surface area contributed by atoms with Crippen LogP contribution in [0, 0.1) is 5.82 Å². The van der Waals surface area contributed by atoms with Crippen molar-refractivity contribution < 1.29 is 19.1 Å². The summed E-state index contributed by atoms with van der Waals surface area (Å²) in [4.78, 5) is 24.3. The second-order valence-corrected chi connectivity index (χ2v) is 6.24. The minimum atomic E-state index is -0.582. The zero-order valence-electron chi connectivity index (χ0n) is 15.1. The van der Waals surface area contributed by atoms with E-state index in [-0.39, 0.29) is 23.6 Å². The predicted octanol–water partition coefficient (Wildman–Crippen LogP) is 3.82. The number of phenolic OH excluding ortho intramolecular Hbond substituents is 1. The summed E-state index contributed by atoms with van der Waals surface area (Å²) < 4.78 is 12.9. The van der Waals surface area contributed by atoms with E-state index in [1.165, 1.54) is 30.3 Å². The van der Waals surface area contributed by atoms with E-state index in [1.807, 2.05) is 24.3 Å². The van der Waals surface area contributed by atoms with Crippen LogP contribution in [0.1, 0.15) is 23.7 Å². The number of benzene rings is 3. The monoisotopic (exact) mass is 379 g/mol. The second kappa shape index (κ2) is 8.30. The van der Waals surface area contributed by atoms with Crippen molar-refractivity contribution in [2.24, 2.45) is 5.10 Å². The summed E-state index contributed by atoms with van der Waals surface area (Å²) in [5.74, 6) is -1.48. The van der Waals surface area contributed by atoms with Crippen LogP contribution in [-0.4, -0.2) is 22.6 Å². The summed E-state index contributed by atoms with van der Waals surface area (Å²) in [7, 11) is 0. The summed E-state index contributed by atoms with van der Waals surface area (Å²) in [5.41, 5.74) is 3.26. The first-order chi connectivity index (χ1) is 13.4. The Morgan fingerprint density at radius 3 is 2.36 bits per heavy atom. The molecule has 3 aromatic rings. The Hall–Kier alpha value is -3.74. The van der Waals surface area contributed by atoms with Crippen molar-refractivity contribution in [3.63, 3.8) is 0 Å². The van der Waals surface area contributed by atoms with Crippen molar-refractivity contribution in [2.45, 2.75) is 13.3 Å². The summed E-state index contributed by atoms with van der Waals surface area (Å²) in [6, 6.07) is 15.8. The lowest BCUT2D eigenvalue weighted by molar-refractivity contribution is -0.115. The van der Waals surface area contributed by atoms with Gasteiger partial charge in [0.1, 0.15) is 11.6 Å². The van der Waals surface area contributed by atoms with Gasteiger partial charge < -0.3 is 10.4 Å². The molecule has 3 N–H and O–H groups in total. The lowest BCUT2D eigenvalue weighted by Gasteiger charge is -2.07. The maximum Gasteiger partial charge on any atom is 0.275 e. The van der Waals surface area contributed by atoms with Crippen LogP contribution in [0.5, 0.6) is 5.75 Å². The van der Waals surface area contributed by atoms with E-state index in [0.717, 1.165) is 10.8 Å². The number of anilines is 1. The Morgan fingerprint density at radius 2 is 1.68 bits per heavy atom. The van der Waals surface area contributed by atoms with E-state index in [2.05, 4.69) is 15.8 Å². The van der Waals surface area contributed by atoms with E-state index in [0.29, 0.717) is 11.4 Å². The molecular weight excluding hydrogens is 361 g/mol. The fourth-order valence-corrected chi connectivity index (χ4v) is 2.63. The van der Waals surface area contributed by atoms with Crippen LogP contribution in [0.3, 0.4) is 0 Å². The molecule has 0 spiro atoms. The van der Waals surface area contributed by atoms with E-state index >= 15 is 0 Å². The van der Waals surface area contributed by atoms with Gasteiger partial charge in [-0.1, -0.05) is 24.3 Å². The molecule has 0 radical (unpaired) electrons. The molecule has 0 aromatic heterocycles. The SMILES string of the molecule is C/C(CC(=O)Nc1ccc(F)cc1)=N/NC(=O)c1cc2ccccc2cc1O. The van der Waals surface area contributed by atoms with E-state index < -0.39 is 11.7 Å². The first-order valence-corrected chi connectivity index (χ1v) is 8.53. The molecule has 0 aliphatic carbocycles. The number of rotatable bonds is 5. The largest absolute Gasteiger partial charge is 0.507 e. The number of carbonyl (C=O) groups excluding carboxylic acids is 2. The number of nitrogens with zero attached hydrogens (tertiary/aromatic N) is 1. The van der Waals surface area contributed by atoms with Crippen LogP contribution >= 0.6 is 0 Å². The third-order valence-corrected chi connectivity index (χ3v) is 4.00. The number of phenols is 1. The van der Waals surface area contributed by atoms with Gasteiger partial charge in [-0.2, -0.15) is 5.10 Å². The molecule has 6 nitrogen and oxygen atoms in total. The standard InChI is InChI=1S/C21H18FN3O3/c1-13(10-20(27)23-17-8-6-16(22)7-9-17)24-25-21(28)18-11-14-4-2-3-5-15(14)12-19(18)26/h2-9,11-12,26H,10H2,1H3,(H,23,27)(H,25,28)/b24-13-. The van der Waals surface area contributed by atoms with Gasteiger partial charge in [0.2, 0.25) is 5.91 Å². The van der Waals surface area contributed by atoms with Gasteiger partial charge >= 0.3 is 0 Å². The van der Waals surface area contributed by atoms with Crippen molar-refractivity contribution in [2.75, 3.05) is 5.32 Å². The quantitative estimate of drug-likeness (QED) is 0.465. The van der Waals surface area contributed by atoms with Gasteiger partial charge in [0.25, 0.3) is 5.91 Å². The Balaban J connectivity index is 1.62. The van der Waals surface area contributed by atoms with Crippen molar-refractivity contribution in [3.8, 4) is 5.75 Å². The van der Waals surface area contributed by atoms with Gasteiger partial charge in [-0.25, -0.2) is 9.82 Å². The minimum absolute atomic E-state index is 0.0542. The molecule has 0 aliphatic rings.